The summed E-state index contributed by atoms with van der Waals surface area (Å²) in [5.74, 6) is 0. The van der Waals surface area contributed by atoms with Crippen LogP contribution in [0.1, 0.15) is 71.8 Å². The van der Waals surface area contributed by atoms with Gasteiger partial charge in [-0.15, -0.1) is 0 Å². The lowest BCUT2D eigenvalue weighted by Crippen LogP contribution is -2.11. The second-order valence-corrected chi connectivity index (χ2v) is 14.1. The molecule has 2 heteroatoms. The molecule has 1 aromatic heterocycles. The summed E-state index contributed by atoms with van der Waals surface area (Å²) in [7, 11) is 0. The molecule has 60 heavy (non-hydrogen) atoms. The maximum Gasteiger partial charge on any atom is 0.143 e. The molecule has 0 aliphatic carbocycles. The van der Waals surface area contributed by atoms with Crippen LogP contribution in [0.3, 0.4) is 0 Å². The average Bonchev–Trinajstić information content (AvgIpc) is 1.42. The maximum atomic E-state index is 9.93. The minimum atomic E-state index is -1.05. The number of aryl methyl sites for hydroxylation is 4. The Kier molecular flexibility index (Phi) is 4.37. The molecule has 0 aliphatic heterocycles. The van der Waals surface area contributed by atoms with E-state index in [4.69, 9.17) is 25.0 Å². The van der Waals surface area contributed by atoms with Gasteiger partial charge >= 0.3 is 0 Å². The van der Waals surface area contributed by atoms with E-state index in [1.165, 1.54) is 13.8 Å². The highest BCUT2D eigenvalue weighted by molar-refractivity contribution is 6.24. The van der Waals surface area contributed by atoms with Crippen molar-refractivity contribution in [2.24, 2.45) is 0 Å². The topological polar surface area (TPSA) is 16.4 Å². The van der Waals surface area contributed by atoms with Crippen molar-refractivity contribution in [2.45, 2.75) is 41.5 Å². The molecule has 0 spiro atoms. The fraction of sp³-hybridized carbons (Fsp3) is 0.103. The van der Waals surface area contributed by atoms with E-state index in [0.717, 1.165) is 11.0 Å². The lowest BCUT2D eigenvalue weighted by Gasteiger charge is -2.28. The van der Waals surface area contributed by atoms with Gasteiger partial charge in [-0.1, -0.05) is 138 Å². The van der Waals surface area contributed by atoms with E-state index >= 15 is 0 Å². The van der Waals surface area contributed by atoms with Crippen LogP contribution in [-0.4, -0.2) is 0 Å². The van der Waals surface area contributed by atoms with Crippen LogP contribution in [0.25, 0.3) is 77.2 Å². The lowest BCUT2D eigenvalue weighted by molar-refractivity contribution is 0.672. The van der Waals surface area contributed by atoms with Crippen LogP contribution in [0.5, 0.6) is 0 Å². The van der Waals surface area contributed by atoms with Crippen LogP contribution in [0.15, 0.2) is 180 Å². The maximum absolute atomic E-state index is 9.93. The summed E-state index contributed by atoms with van der Waals surface area (Å²) in [6.07, 6.45) is 0. The summed E-state index contributed by atoms with van der Waals surface area (Å²) in [6.45, 7) is 9.29. The fourth-order valence-electron chi connectivity index (χ4n) is 7.53. The summed E-state index contributed by atoms with van der Waals surface area (Å²) in [4.78, 5) is 0.789. The van der Waals surface area contributed by atoms with Crippen LogP contribution in [0.2, 0.25) is 0 Å². The zero-order valence-electron chi connectivity index (χ0n) is 60.9. The van der Waals surface area contributed by atoms with Crippen LogP contribution in [0.4, 0.5) is 17.1 Å². The smallest absolute Gasteiger partial charge is 0.143 e. The second-order valence-electron chi connectivity index (χ2n) is 14.1. The monoisotopic (exact) mass is 802 g/mol. The van der Waals surface area contributed by atoms with Gasteiger partial charge in [0.15, 0.2) is 0 Å². The minimum Gasteiger partial charge on any atom is -0.455 e. The molecule has 1 heterocycles. The van der Waals surface area contributed by atoms with Crippen molar-refractivity contribution in [2.75, 3.05) is 4.90 Å². The Hall–Kier alpha value is -7.16. The first-order valence-electron chi connectivity index (χ1n) is 32.7. The Labute approximate surface area is 392 Å². The highest BCUT2D eigenvalue weighted by atomic mass is 16.3. The summed E-state index contributed by atoms with van der Waals surface area (Å²) < 4.78 is 261. The van der Waals surface area contributed by atoms with E-state index in [0.29, 0.717) is 11.1 Å². The predicted molar refractivity (Wildman–Crippen MR) is 256 cm³/mol. The number of nitrogens with zero attached hydrogens (tertiary/aromatic N) is 1. The molecule has 9 aromatic carbocycles. The van der Waals surface area contributed by atoms with Crippen LogP contribution in [0, 0.1) is 41.5 Å². The average molecular weight is 802 g/mol. The van der Waals surface area contributed by atoms with E-state index in [1.54, 1.807) is 27.7 Å². The summed E-state index contributed by atoms with van der Waals surface area (Å²) in [5, 5.41) is 0.554. The molecular formula is C58H47NO. The van der Waals surface area contributed by atoms with Gasteiger partial charge in [-0.25, -0.2) is 0 Å². The minimum absolute atomic E-state index is 0.0102. The Morgan fingerprint density at radius 1 is 0.400 bits per heavy atom. The molecule has 0 bridgehead atoms. The van der Waals surface area contributed by atoms with Gasteiger partial charge in [-0.3, -0.25) is 0 Å². The van der Waals surface area contributed by atoms with Gasteiger partial charge in [0.2, 0.25) is 0 Å². The number of benzene rings is 9. The molecule has 0 amide bonds. The molecule has 290 valence electrons. The van der Waals surface area contributed by atoms with E-state index in [2.05, 4.69) is 0 Å². The van der Waals surface area contributed by atoms with Crippen molar-refractivity contribution < 1.29 is 42.8 Å². The second kappa shape index (κ2) is 14.9. The molecule has 0 aliphatic rings. The first-order chi connectivity index (χ1) is 40.9. The third-order valence-electron chi connectivity index (χ3n) is 10.5. The molecular weight excluding hydrogens is 727 g/mol. The Morgan fingerprint density at radius 3 is 1.52 bits per heavy atom. The van der Waals surface area contributed by atoms with Crippen LogP contribution < -0.4 is 4.90 Å². The number of anilines is 3. The zero-order chi connectivity index (χ0) is 65.4. The van der Waals surface area contributed by atoms with E-state index in [9.17, 15) is 17.8 Å². The van der Waals surface area contributed by atoms with Crippen molar-refractivity contribution in [1.29, 1.82) is 0 Å². The summed E-state index contributed by atoms with van der Waals surface area (Å²) >= 11 is 0. The Balaban J connectivity index is 1.42. The number of hydrogen-bond donors (Lipinski definition) is 0. The molecule has 10 aromatic rings. The van der Waals surface area contributed by atoms with Crippen LogP contribution in [-0.2, 0) is 0 Å². The van der Waals surface area contributed by atoms with Crippen molar-refractivity contribution in [3.8, 4) is 44.5 Å². The molecule has 0 unspecified atom stereocenters. The molecule has 0 N–H and O–H groups in total. The Bertz CT molecular complexity index is 4630. The van der Waals surface area contributed by atoms with Gasteiger partial charge in [0.1, 0.15) is 11.2 Å². The summed E-state index contributed by atoms with van der Waals surface area (Å²) in [5.41, 5.74) is -5.29. The number of furan rings is 1. The van der Waals surface area contributed by atoms with E-state index < -0.39 is 208 Å². The third kappa shape index (κ3) is 6.28. The Morgan fingerprint density at radius 2 is 0.917 bits per heavy atom. The highest BCUT2D eigenvalue weighted by Gasteiger charge is 2.26. The zero-order valence-corrected chi connectivity index (χ0v) is 32.9. The SMILES string of the molecule is [2H]c1c([2H])c([2H])c(-c2c([2H])c([2H])c(N(c3cc([2H])c4oc5c6c(C)c([2H])c(C)c(C)c6c(-c6c([2H])c([2H])c([2H])c(-c7c([2H])c([2H])c(C)c([2H])c7[2H])c6[2H])c(C)c5c4c3C)c3c([2H])c([2H])c(-c4c([2H])c([2H])c([2H])c([2H])c4[2H])c([2H])c3[2H])c([2H])c2[2H])c([2H])c1[2H]. The lowest BCUT2D eigenvalue weighted by atomic mass is 9.84. The van der Waals surface area contributed by atoms with Crippen molar-refractivity contribution in [1.82, 2.24) is 0 Å². The van der Waals surface area contributed by atoms with Gasteiger partial charge < -0.3 is 9.32 Å². The normalized spacial score (nSPS) is 18.0. The van der Waals surface area contributed by atoms with Gasteiger partial charge in [-0.2, -0.15) is 0 Å². The molecule has 0 saturated heterocycles. The van der Waals surface area contributed by atoms with Crippen LogP contribution >= 0.6 is 0 Å². The fourth-order valence-corrected chi connectivity index (χ4v) is 7.53. The standard InChI is InChI=1S/C58H47NO/c1-36-20-22-46(23-21-36)47-18-13-19-48(35-47)54-41(6)57-55-40(5)51(32-33-52(55)60-58(57)53-38(3)34-37(2)39(4)56(53)54)59(49-28-24-44(25-29-49)42-14-9-7-10-15-42)50-30-26-45(27-31-50)43-16-11-8-12-17-43/h7-35H,1-6H3/i7D,8D,9D,10D,11D,12D,13D,14D,15D,16D,17D,18D,19D,20D,21D,22D,23D,24D,25D,26D,27D,28D,29D,30D,31D,33D,34D,35D. The van der Waals surface area contributed by atoms with Gasteiger partial charge in [0, 0.05) is 33.2 Å². The molecule has 0 radical (unpaired) electrons. The first kappa shape index (κ1) is 17.6. The third-order valence-corrected chi connectivity index (χ3v) is 10.5. The highest BCUT2D eigenvalue weighted by Crippen LogP contribution is 2.49. The largest absolute Gasteiger partial charge is 0.455 e. The molecule has 0 atom stereocenters. The molecule has 0 saturated carbocycles. The number of fused-ring (bicyclic) bond motifs is 5. The van der Waals surface area contributed by atoms with Crippen molar-refractivity contribution in [3.63, 3.8) is 0 Å². The van der Waals surface area contributed by atoms with Gasteiger partial charge in [0.25, 0.3) is 0 Å². The van der Waals surface area contributed by atoms with Gasteiger partial charge in [-0.05, 0) is 162 Å². The molecule has 10 rings (SSSR count). The van der Waals surface area contributed by atoms with Crippen molar-refractivity contribution in [3.05, 3.63) is 209 Å². The quantitative estimate of drug-likeness (QED) is 0.160. The van der Waals surface area contributed by atoms with Crippen molar-refractivity contribution >= 4 is 49.8 Å². The first-order valence-corrected chi connectivity index (χ1v) is 18.7. The predicted octanol–water partition coefficient (Wildman–Crippen LogP) is 16.7. The van der Waals surface area contributed by atoms with E-state index in [1.807, 2.05) is 0 Å². The number of rotatable bonds is 7. The van der Waals surface area contributed by atoms with Gasteiger partial charge in [0.05, 0.1) is 38.4 Å². The molecule has 2 nitrogen and oxygen atoms in total. The summed E-state index contributed by atoms with van der Waals surface area (Å²) in [6, 6.07) is -21.4. The molecule has 0 fully saturated rings. The number of hydrogen-bond acceptors (Lipinski definition) is 2. The van der Waals surface area contributed by atoms with E-state index in [-0.39, 0.29) is 77.8 Å².